The largest absolute Gasteiger partial charge is 0.285 e. The van der Waals surface area contributed by atoms with E-state index in [0.717, 1.165) is 12.1 Å². The first-order valence-electron chi connectivity index (χ1n) is 3.00. The van der Waals surface area contributed by atoms with Gasteiger partial charge in [0.1, 0.15) is 0 Å². The van der Waals surface area contributed by atoms with E-state index < -0.39 is 0 Å². The fourth-order valence-electron chi connectivity index (χ4n) is 0.683. The first-order valence-corrected chi connectivity index (χ1v) is 3.00. The molecule has 49 valence electrons. The molecule has 0 atom stereocenters. The minimum absolute atomic E-state index is 0.00708. The number of H-pyrrole nitrogens is 1. The fourth-order valence-corrected chi connectivity index (χ4v) is 0.683. The van der Waals surface area contributed by atoms with Gasteiger partial charge in [0.25, 0.3) is 0 Å². The number of rotatable bonds is 3. The summed E-state index contributed by atoms with van der Waals surface area (Å²) in [5, 5.41) is 16.6. The molecular weight excluding hydrogens is 116 g/mol. The minimum Gasteiger partial charge on any atom is -0.285 e. The Balaban J connectivity index is 2.30. The summed E-state index contributed by atoms with van der Waals surface area (Å²) in [6.45, 7) is -0.00708. The van der Waals surface area contributed by atoms with Crippen molar-refractivity contribution in [1.29, 1.82) is 0 Å². The van der Waals surface area contributed by atoms with Gasteiger partial charge in [-0.05, 0) is 18.9 Å². The molecule has 1 rings (SSSR count). The maximum Gasteiger partial charge on any atom is 0.0826 e. The van der Waals surface area contributed by atoms with Crippen molar-refractivity contribution in [2.24, 2.45) is 0 Å². The Morgan fingerprint density at radius 2 is 2.56 bits per heavy atom. The highest BCUT2D eigenvalue weighted by molar-refractivity contribution is 4.96. The third-order valence-electron chi connectivity index (χ3n) is 1.14. The number of hydrogen-bond donors (Lipinski definition) is 1. The molecule has 0 unspecified atom stereocenters. The second kappa shape index (κ2) is 3.25. The van der Waals surface area contributed by atoms with Gasteiger partial charge in [0.2, 0.25) is 0 Å². The summed E-state index contributed by atoms with van der Waals surface area (Å²) in [4.78, 5) is 0. The van der Waals surface area contributed by atoms with Crippen molar-refractivity contribution in [2.75, 3.05) is 6.61 Å². The van der Waals surface area contributed by atoms with Crippen molar-refractivity contribution in [3.05, 3.63) is 18.0 Å². The zero-order chi connectivity index (χ0) is 6.53. The predicted molar refractivity (Wildman–Crippen MR) is 32.5 cm³/mol. The Morgan fingerprint density at radius 3 is 3.11 bits per heavy atom. The van der Waals surface area contributed by atoms with E-state index in [-0.39, 0.29) is 6.61 Å². The second-order valence-corrected chi connectivity index (χ2v) is 1.87. The Morgan fingerprint density at radius 1 is 1.67 bits per heavy atom. The quantitative estimate of drug-likeness (QED) is 0.637. The van der Waals surface area contributed by atoms with Crippen LogP contribution in [-0.2, 0) is 11.5 Å². The second-order valence-electron chi connectivity index (χ2n) is 1.87. The zero-order valence-electron chi connectivity index (χ0n) is 5.13. The monoisotopic (exact) mass is 125 g/mol. The lowest BCUT2D eigenvalue weighted by Crippen LogP contribution is -1.87. The number of hydrogen-bond acceptors (Lipinski definition) is 1. The molecule has 0 fully saturated rings. The molecule has 1 aromatic rings. The average Bonchev–Trinajstić information content (AvgIpc) is 2.34. The van der Waals surface area contributed by atoms with Crippen molar-refractivity contribution in [2.45, 2.75) is 12.8 Å². The molecule has 1 aromatic heterocycles. The minimum atomic E-state index is -0.00708. The Hall–Kier alpha value is -0.830. The van der Waals surface area contributed by atoms with Crippen LogP contribution in [0.5, 0.6) is 0 Å². The summed E-state index contributed by atoms with van der Waals surface area (Å²) in [6.07, 6.45) is 3.25. The highest BCUT2D eigenvalue weighted by Gasteiger charge is 1.91. The first kappa shape index (κ1) is 6.29. The number of aromatic amines is 1. The molecule has 0 spiro atoms. The van der Waals surface area contributed by atoms with Gasteiger partial charge in [0.05, 0.1) is 12.3 Å². The summed E-state index contributed by atoms with van der Waals surface area (Å²) < 4.78 is 0. The highest BCUT2D eigenvalue weighted by atomic mass is 16.2. The van der Waals surface area contributed by atoms with E-state index in [2.05, 4.69) is 10.2 Å². The molecule has 0 aliphatic carbocycles. The normalized spacial score (nSPS) is 9.89. The smallest absolute Gasteiger partial charge is 0.0826 e. The van der Waals surface area contributed by atoms with Crippen LogP contribution in [0.1, 0.15) is 12.1 Å². The summed E-state index contributed by atoms with van der Waals surface area (Å²) in [5.41, 5.74) is 0.978. The molecular formula is C6H9N2O. The lowest BCUT2D eigenvalue weighted by atomic mass is 10.2. The van der Waals surface area contributed by atoms with Gasteiger partial charge < -0.3 is 0 Å². The van der Waals surface area contributed by atoms with Crippen molar-refractivity contribution in [3.8, 4) is 0 Å². The molecule has 0 aliphatic heterocycles. The summed E-state index contributed by atoms with van der Waals surface area (Å²) in [5.74, 6) is 0. The van der Waals surface area contributed by atoms with Crippen LogP contribution in [-0.4, -0.2) is 16.8 Å². The third kappa shape index (κ3) is 1.85. The summed E-state index contributed by atoms with van der Waals surface area (Å²) in [7, 11) is 0. The van der Waals surface area contributed by atoms with Crippen molar-refractivity contribution in [1.82, 2.24) is 10.2 Å². The predicted octanol–water partition coefficient (Wildman–Crippen LogP) is 0.773. The van der Waals surface area contributed by atoms with E-state index in [0.29, 0.717) is 6.42 Å². The van der Waals surface area contributed by atoms with Crippen LogP contribution in [0.2, 0.25) is 0 Å². The highest BCUT2D eigenvalue weighted by Crippen LogP contribution is 1.95. The van der Waals surface area contributed by atoms with Gasteiger partial charge in [-0.2, -0.15) is 5.10 Å². The molecule has 0 saturated carbocycles. The van der Waals surface area contributed by atoms with Crippen LogP contribution in [0.25, 0.3) is 0 Å². The molecule has 0 aromatic carbocycles. The van der Waals surface area contributed by atoms with Crippen molar-refractivity contribution < 1.29 is 5.11 Å². The molecule has 0 saturated heterocycles. The number of aromatic nitrogens is 2. The molecule has 1 heterocycles. The third-order valence-corrected chi connectivity index (χ3v) is 1.14. The van der Waals surface area contributed by atoms with Crippen molar-refractivity contribution in [3.63, 3.8) is 0 Å². The van der Waals surface area contributed by atoms with E-state index >= 15 is 0 Å². The van der Waals surface area contributed by atoms with Crippen LogP contribution >= 0.6 is 0 Å². The first-order chi connectivity index (χ1) is 4.43. The molecule has 1 radical (unpaired) electrons. The lowest BCUT2D eigenvalue weighted by Gasteiger charge is -1.87. The van der Waals surface area contributed by atoms with Crippen LogP contribution < -0.4 is 0 Å². The maximum atomic E-state index is 9.99. The molecule has 0 amide bonds. The number of aryl methyl sites for hydroxylation is 1. The molecule has 1 N–H and O–H groups in total. The molecule has 0 aliphatic rings. The van der Waals surface area contributed by atoms with Gasteiger partial charge in [-0.1, -0.05) is 0 Å². The van der Waals surface area contributed by atoms with E-state index in [4.69, 9.17) is 0 Å². The van der Waals surface area contributed by atoms with Gasteiger partial charge in [-0.15, -0.1) is 0 Å². The van der Waals surface area contributed by atoms with Crippen LogP contribution in [0.15, 0.2) is 12.3 Å². The Labute approximate surface area is 53.7 Å². The van der Waals surface area contributed by atoms with E-state index in [1.54, 1.807) is 6.20 Å². The number of nitrogens with zero attached hydrogens (tertiary/aromatic N) is 1. The Kier molecular flexibility index (Phi) is 2.27. The van der Waals surface area contributed by atoms with Gasteiger partial charge >= 0.3 is 0 Å². The van der Waals surface area contributed by atoms with Gasteiger partial charge in [-0.3, -0.25) is 5.10 Å². The SMILES string of the molecule is [O]CCCc1cc[nH]n1. The van der Waals surface area contributed by atoms with E-state index in [1.165, 1.54) is 0 Å². The number of nitrogens with one attached hydrogen (secondary N) is 1. The fraction of sp³-hybridized carbons (Fsp3) is 0.500. The lowest BCUT2D eigenvalue weighted by molar-refractivity contribution is 0.189. The Bertz CT molecular complexity index is 148. The van der Waals surface area contributed by atoms with Crippen LogP contribution in [0, 0.1) is 0 Å². The van der Waals surface area contributed by atoms with Gasteiger partial charge in [0.15, 0.2) is 0 Å². The van der Waals surface area contributed by atoms with Gasteiger partial charge in [-0.25, -0.2) is 5.11 Å². The van der Waals surface area contributed by atoms with Crippen LogP contribution in [0.4, 0.5) is 0 Å². The van der Waals surface area contributed by atoms with Crippen LogP contribution in [0.3, 0.4) is 0 Å². The topological polar surface area (TPSA) is 48.6 Å². The molecule has 0 bridgehead atoms. The van der Waals surface area contributed by atoms with E-state index in [1.807, 2.05) is 6.07 Å². The summed E-state index contributed by atoms with van der Waals surface area (Å²) >= 11 is 0. The van der Waals surface area contributed by atoms with Crippen molar-refractivity contribution >= 4 is 0 Å². The molecule has 3 heteroatoms. The zero-order valence-corrected chi connectivity index (χ0v) is 5.13. The molecule has 3 nitrogen and oxygen atoms in total. The summed E-state index contributed by atoms with van der Waals surface area (Å²) in [6, 6.07) is 1.88. The maximum absolute atomic E-state index is 9.99. The standard InChI is InChI=1S/C6H9N2O/c9-5-1-2-6-3-4-7-8-6/h3-4H,1-2,5H2,(H,7,8). The average molecular weight is 125 g/mol. The van der Waals surface area contributed by atoms with E-state index in [9.17, 15) is 5.11 Å². The molecule has 9 heavy (non-hydrogen) atoms. The van der Waals surface area contributed by atoms with Gasteiger partial charge in [0, 0.05) is 6.20 Å².